The second-order valence-electron chi connectivity index (χ2n) is 5.53. The number of para-hydroxylation sites is 1. The first-order chi connectivity index (χ1) is 9.44. The third-order valence-electron chi connectivity index (χ3n) is 4.08. The van der Waals surface area contributed by atoms with Gasteiger partial charge in [-0.2, -0.15) is 0 Å². The molecule has 1 aliphatic rings. The number of carbonyl (C=O) groups is 2. The lowest BCUT2D eigenvalue weighted by Crippen LogP contribution is -2.49. The van der Waals surface area contributed by atoms with Crippen LogP contribution in [0.25, 0.3) is 0 Å². The van der Waals surface area contributed by atoms with E-state index in [2.05, 4.69) is 0 Å². The van der Waals surface area contributed by atoms with E-state index < -0.39 is 11.4 Å². The predicted octanol–water partition coefficient (Wildman–Crippen LogP) is 2.43. The molecule has 1 heterocycles. The van der Waals surface area contributed by atoms with Gasteiger partial charge >= 0.3 is 12.0 Å². The molecule has 2 amide bonds. The number of amides is 2. The summed E-state index contributed by atoms with van der Waals surface area (Å²) in [5.74, 6) is -0.777. The monoisotopic (exact) mass is 276 g/mol. The molecule has 0 spiro atoms. The lowest BCUT2D eigenvalue weighted by molar-refractivity contribution is -0.150. The van der Waals surface area contributed by atoms with E-state index in [1.807, 2.05) is 30.3 Å². The van der Waals surface area contributed by atoms with Gasteiger partial charge in [-0.15, -0.1) is 0 Å². The first-order valence-electron chi connectivity index (χ1n) is 6.75. The smallest absolute Gasteiger partial charge is 0.324 e. The molecule has 5 nitrogen and oxygen atoms in total. The highest BCUT2D eigenvalue weighted by molar-refractivity contribution is 5.91. The normalized spacial score (nSPS) is 17.6. The van der Waals surface area contributed by atoms with Crippen molar-refractivity contribution >= 4 is 17.7 Å². The molecule has 0 aliphatic carbocycles. The summed E-state index contributed by atoms with van der Waals surface area (Å²) >= 11 is 0. The molecule has 0 bridgehead atoms. The molecular formula is C15H20N2O3. The van der Waals surface area contributed by atoms with Crippen molar-refractivity contribution < 1.29 is 14.7 Å². The van der Waals surface area contributed by atoms with Crippen molar-refractivity contribution in [3.8, 4) is 0 Å². The Bertz CT molecular complexity index is 493. The van der Waals surface area contributed by atoms with E-state index in [0.717, 1.165) is 5.69 Å². The molecule has 1 aliphatic heterocycles. The van der Waals surface area contributed by atoms with Crippen molar-refractivity contribution in [1.29, 1.82) is 0 Å². The lowest BCUT2D eigenvalue weighted by Gasteiger charge is -2.38. The molecule has 108 valence electrons. The molecule has 0 radical (unpaired) electrons. The molecule has 5 heteroatoms. The number of aliphatic carboxylic acids is 1. The Balaban J connectivity index is 2.00. The van der Waals surface area contributed by atoms with E-state index in [4.69, 9.17) is 0 Å². The minimum absolute atomic E-state index is 0.0800. The van der Waals surface area contributed by atoms with Crippen molar-refractivity contribution in [2.45, 2.75) is 19.8 Å². The second-order valence-corrected chi connectivity index (χ2v) is 5.53. The molecule has 1 fully saturated rings. The van der Waals surface area contributed by atoms with Crippen molar-refractivity contribution in [1.82, 2.24) is 4.90 Å². The van der Waals surface area contributed by atoms with Crippen LogP contribution in [0.5, 0.6) is 0 Å². The number of likely N-dealkylation sites (tertiary alicyclic amines) is 1. The SMILES string of the molecule is CN(C(=O)N1CCC(C)(C(=O)O)CC1)c1ccccc1. The first-order valence-corrected chi connectivity index (χ1v) is 6.75. The van der Waals surface area contributed by atoms with Crippen LogP contribution in [-0.2, 0) is 4.79 Å². The molecule has 0 saturated carbocycles. The number of carboxylic acid groups (broad SMARTS) is 1. The molecule has 1 aromatic rings. The maximum atomic E-state index is 12.4. The third kappa shape index (κ3) is 2.76. The highest BCUT2D eigenvalue weighted by atomic mass is 16.4. The molecular weight excluding hydrogens is 256 g/mol. The summed E-state index contributed by atoms with van der Waals surface area (Å²) < 4.78 is 0. The number of benzene rings is 1. The van der Waals surface area contributed by atoms with Gasteiger partial charge in [0.15, 0.2) is 0 Å². The van der Waals surface area contributed by atoms with Gasteiger partial charge in [-0.25, -0.2) is 4.79 Å². The number of rotatable bonds is 2. The Kier molecular flexibility index (Phi) is 3.97. The molecule has 20 heavy (non-hydrogen) atoms. The molecule has 0 aromatic heterocycles. The minimum Gasteiger partial charge on any atom is -0.481 e. The lowest BCUT2D eigenvalue weighted by atomic mass is 9.80. The summed E-state index contributed by atoms with van der Waals surface area (Å²) in [5, 5.41) is 9.20. The number of nitrogens with zero attached hydrogens (tertiary/aromatic N) is 2. The van der Waals surface area contributed by atoms with Crippen LogP contribution in [0.1, 0.15) is 19.8 Å². The van der Waals surface area contributed by atoms with Crippen LogP contribution in [0.15, 0.2) is 30.3 Å². The van der Waals surface area contributed by atoms with Crippen LogP contribution in [0.4, 0.5) is 10.5 Å². The van der Waals surface area contributed by atoms with E-state index in [-0.39, 0.29) is 6.03 Å². The molecule has 0 atom stereocenters. The summed E-state index contributed by atoms with van der Waals surface area (Å²) in [4.78, 5) is 26.9. The fourth-order valence-corrected chi connectivity index (χ4v) is 2.38. The number of carboxylic acids is 1. The van der Waals surface area contributed by atoms with Crippen molar-refractivity contribution in [2.75, 3.05) is 25.0 Å². The maximum Gasteiger partial charge on any atom is 0.324 e. The van der Waals surface area contributed by atoms with Crippen LogP contribution in [0.3, 0.4) is 0 Å². The number of carbonyl (C=O) groups excluding carboxylic acids is 1. The van der Waals surface area contributed by atoms with Crippen LogP contribution in [0.2, 0.25) is 0 Å². The van der Waals surface area contributed by atoms with Gasteiger partial charge in [0.05, 0.1) is 5.41 Å². The van der Waals surface area contributed by atoms with Crippen LogP contribution >= 0.6 is 0 Å². The van der Waals surface area contributed by atoms with E-state index in [0.29, 0.717) is 25.9 Å². The summed E-state index contributed by atoms with van der Waals surface area (Å²) in [6.07, 6.45) is 0.993. The quantitative estimate of drug-likeness (QED) is 0.902. The Morgan fingerprint density at radius 1 is 1.20 bits per heavy atom. The predicted molar refractivity (Wildman–Crippen MR) is 76.8 cm³/mol. The minimum atomic E-state index is -0.777. The van der Waals surface area contributed by atoms with Gasteiger partial charge in [-0.1, -0.05) is 18.2 Å². The number of hydrogen-bond donors (Lipinski definition) is 1. The Hall–Kier alpha value is -2.04. The fourth-order valence-electron chi connectivity index (χ4n) is 2.38. The molecule has 0 unspecified atom stereocenters. The van der Waals surface area contributed by atoms with Crippen LogP contribution in [-0.4, -0.2) is 42.1 Å². The second kappa shape index (κ2) is 5.53. The van der Waals surface area contributed by atoms with E-state index in [9.17, 15) is 14.7 Å². The topological polar surface area (TPSA) is 60.9 Å². The Morgan fingerprint density at radius 2 is 1.75 bits per heavy atom. The van der Waals surface area contributed by atoms with E-state index >= 15 is 0 Å². The number of anilines is 1. The fraction of sp³-hybridized carbons (Fsp3) is 0.467. The summed E-state index contributed by atoms with van der Waals surface area (Å²) in [6, 6.07) is 9.35. The van der Waals surface area contributed by atoms with Gasteiger partial charge in [0, 0.05) is 25.8 Å². The van der Waals surface area contributed by atoms with Gasteiger partial charge < -0.3 is 10.0 Å². The van der Waals surface area contributed by atoms with Crippen molar-refractivity contribution in [3.05, 3.63) is 30.3 Å². The molecule has 1 aromatic carbocycles. The highest BCUT2D eigenvalue weighted by Crippen LogP contribution is 2.31. The highest BCUT2D eigenvalue weighted by Gasteiger charge is 2.38. The summed E-state index contributed by atoms with van der Waals surface area (Å²) in [6.45, 7) is 2.72. The largest absolute Gasteiger partial charge is 0.481 e. The molecule has 2 rings (SSSR count). The Labute approximate surface area is 118 Å². The maximum absolute atomic E-state index is 12.4. The zero-order chi connectivity index (χ0) is 14.8. The van der Waals surface area contributed by atoms with Crippen LogP contribution in [0, 0.1) is 5.41 Å². The first kappa shape index (κ1) is 14.4. The summed E-state index contributed by atoms with van der Waals surface area (Å²) in [7, 11) is 1.74. The van der Waals surface area contributed by atoms with E-state index in [1.54, 1.807) is 23.8 Å². The number of hydrogen-bond acceptors (Lipinski definition) is 2. The van der Waals surface area contributed by atoms with Crippen LogP contribution < -0.4 is 4.90 Å². The average Bonchev–Trinajstić information content (AvgIpc) is 2.47. The number of urea groups is 1. The van der Waals surface area contributed by atoms with Gasteiger partial charge in [-0.05, 0) is 31.9 Å². The van der Waals surface area contributed by atoms with Crippen molar-refractivity contribution in [2.24, 2.45) is 5.41 Å². The molecule has 1 saturated heterocycles. The average molecular weight is 276 g/mol. The number of piperidine rings is 1. The zero-order valence-corrected chi connectivity index (χ0v) is 11.9. The van der Waals surface area contributed by atoms with Crippen molar-refractivity contribution in [3.63, 3.8) is 0 Å². The van der Waals surface area contributed by atoms with Gasteiger partial charge in [0.2, 0.25) is 0 Å². The zero-order valence-electron chi connectivity index (χ0n) is 11.9. The van der Waals surface area contributed by atoms with Gasteiger partial charge in [-0.3, -0.25) is 9.69 Å². The standard InChI is InChI=1S/C15H20N2O3/c1-15(13(18)19)8-10-17(11-9-15)14(20)16(2)12-6-4-3-5-7-12/h3-7H,8-11H2,1-2H3,(H,18,19). The molecule has 1 N–H and O–H groups in total. The summed E-state index contributed by atoms with van der Waals surface area (Å²) in [5.41, 5.74) is 0.131. The Morgan fingerprint density at radius 3 is 2.25 bits per heavy atom. The van der Waals surface area contributed by atoms with Gasteiger partial charge in [0.25, 0.3) is 0 Å². The van der Waals surface area contributed by atoms with Gasteiger partial charge in [0.1, 0.15) is 0 Å². The van der Waals surface area contributed by atoms with E-state index in [1.165, 1.54) is 0 Å². The third-order valence-corrected chi connectivity index (χ3v) is 4.08.